The number of fused-ring (bicyclic) bond motifs is 3. The maximum atomic E-state index is 12.4. The van der Waals surface area contributed by atoms with E-state index in [0.717, 1.165) is 6.42 Å². The molecule has 0 bridgehead atoms. The van der Waals surface area contributed by atoms with Gasteiger partial charge >= 0.3 is 0 Å². The second kappa shape index (κ2) is 3.57. The molecule has 0 radical (unpaired) electrons. The van der Waals surface area contributed by atoms with Crippen molar-refractivity contribution in [3.63, 3.8) is 0 Å². The molecule has 0 aromatic heterocycles. The fourth-order valence-corrected chi connectivity index (χ4v) is 4.53. The fraction of sp³-hybridized carbons (Fsp3) is 0.471. The highest BCUT2D eigenvalue weighted by Crippen LogP contribution is 2.66. The highest BCUT2D eigenvalue weighted by Gasteiger charge is 2.63. The van der Waals surface area contributed by atoms with Crippen LogP contribution in [0.25, 0.3) is 0 Å². The molecular weight excluding hydrogens is 220 g/mol. The quantitative estimate of drug-likeness (QED) is 0.680. The van der Waals surface area contributed by atoms with Gasteiger partial charge in [0, 0.05) is 5.41 Å². The van der Waals surface area contributed by atoms with Crippen LogP contribution in [0.3, 0.4) is 0 Å². The summed E-state index contributed by atoms with van der Waals surface area (Å²) in [6.45, 7) is 6.23. The second-order valence-corrected chi connectivity index (χ2v) is 6.03. The van der Waals surface area contributed by atoms with E-state index in [9.17, 15) is 4.79 Å². The molecule has 94 valence electrons. The van der Waals surface area contributed by atoms with E-state index in [1.807, 2.05) is 6.08 Å². The summed E-state index contributed by atoms with van der Waals surface area (Å²) in [5, 5.41) is 0. The number of carbonyl (C=O) groups excluding carboxylic acids is 1. The molecule has 18 heavy (non-hydrogen) atoms. The molecule has 0 aromatic carbocycles. The first-order valence-electron chi connectivity index (χ1n) is 6.79. The highest BCUT2D eigenvalue weighted by molar-refractivity contribution is 5.88. The van der Waals surface area contributed by atoms with Crippen molar-refractivity contribution in [2.75, 3.05) is 0 Å². The number of Topliss-reactive ketones (excluding diaryl/α,β-unsaturated/α-hetero) is 1. The van der Waals surface area contributed by atoms with Gasteiger partial charge in [-0.25, -0.2) is 0 Å². The lowest BCUT2D eigenvalue weighted by atomic mass is 9.58. The Balaban J connectivity index is 2.27. The van der Waals surface area contributed by atoms with Crippen molar-refractivity contribution in [3.8, 4) is 0 Å². The summed E-state index contributed by atoms with van der Waals surface area (Å²) in [6.07, 6.45) is 16.2. The van der Waals surface area contributed by atoms with E-state index >= 15 is 0 Å². The van der Waals surface area contributed by atoms with Crippen LogP contribution >= 0.6 is 0 Å². The monoisotopic (exact) mass is 240 g/mol. The SMILES string of the molecule is CC(=O)C12C=CC=CC1(C)C1=CC=CCC1C2C. The molecule has 0 heterocycles. The third-order valence-corrected chi connectivity index (χ3v) is 5.46. The van der Waals surface area contributed by atoms with Gasteiger partial charge in [0.25, 0.3) is 0 Å². The van der Waals surface area contributed by atoms with Gasteiger partial charge in [-0.05, 0) is 25.2 Å². The van der Waals surface area contributed by atoms with Crippen LogP contribution in [0.1, 0.15) is 27.2 Å². The number of hydrogen-bond acceptors (Lipinski definition) is 1. The Bertz CT molecular complexity index is 520. The molecule has 0 spiro atoms. The lowest BCUT2D eigenvalue weighted by Gasteiger charge is -2.42. The van der Waals surface area contributed by atoms with Gasteiger partial charge in [0.05, 0.1) is 5.41 Å². The molecule has 4 unspecified atom stereocenters. The third kappa shape index (κ3) is 1.10. The molecule has 3 aliphatic carbocycles. The normalized spacial score (nSPS) is 44.5. The Kier molecular flexibility index (Phi) is 2.32. The molecule has 0 saturated heterocycles. The molecular formula is C17H20O. The first kappa shape index (κ1) is 11.7. The summed E-state index contributed by atoms with van der Waals surface area (Å²) in [6, 6.07) is 0. The molecule has 3 rings (SSSR count). The number of carbonyl (C=O) groups is 1. The van der Waals surface area contributed by atoms with Gasteiger partial charge in [-0.15, -0.1) is 0 Å². The van der Waals surface area contributed by atoms with Gasteiger partial charge in [0.2, 0.25) is 0 Å². The average molecular weight is 240 g/mol. The van der Waals surface area contributed by atoms with Crippen molar-refractivity contribution >= 4 is 5.78 Å². The number of ketones is 1. The van der Waals surface area contributed by atoms with Crippen molar-refractivity contribution in [1.29, 1.82) is 0 Å². The van der Waals surface area contributed by atoms with Gasteiger partial charge < -0.3 is 0 Å². The van der Waals surface area contributed by atoms with Crippen molar-refractivity contribution in [3.05, 3.63) is 48.1 Å². The molecule has 4 atom stereocenters. The van der Waals surface area contributed by atoms with Crippen LogP contribution in [-0.4, -0.2) is 5.78 Å². The molecule has 1 heteroatoms. The zero-order chi connectivity index (χ0) is 13.0. The highest BCUT2D eigenvalue weighted by atomic mass is 16.1. The summed E-state index contributed by atoms with van der Waals surface area (Å²) < 4.78 is 0. The molecule has 0 aromatic rings. The summed E-state index contributed by atoms with van der Waals surface area (Å²) in [5.41, 5.74) is 0.959. The van der Waals surface area contributed by atoms with Crippen LogP contribution in [0.2, 0.25) is 0 Å². The van der Waals surface area contributed by atoms with Gasteiger partial charge in [-0.2, -0.15) is 0 Å². The van der Waals surface area contributed by atoms with Crippen LogP contribution in [-0.2, 0) is 4.79 Å². The van der Waals surface area contributed by atoms with E-state index in [1.165, 1.54) is 5.57 Å². The predicted molar refractivity (Wildman–Crippen MR) is 74.0 cm³/mol. The average Bonchev–Trinajstić information content (AvgIpc) is 2.58. The Hall–Kier alpha value is -1.37. The summed E-state index contributed by atoms with van der Waals surface area (Å²) in [7, 11) is 0. The second-order valence-electron chi connectivity index (χ2n) is 6.03. The van der Waals surface area contributed by atoms with Crippen molar-refractivity contribution < 1.29 is 4.79 Å². The van der Waals surface area contributed by atoms with E-state index in [-0.39, 0.29) is 10.8 Å². The Morgan fingerprint density at radius 1 is 1.28 bits per heavy atom. The van der Waals surface area contributed by atoms with Crippen molar-refractivity contribution in [2.45, 2.75) is 27.2 Å². The Morgan fingerprint density at radius 2 is 2.00 bits per heavy atom. The third-order valence-electron chi connectivity index (χ3n) is 5.46. The first-order valence-corrected chi connectivity index (χ1v) is 6.79. The van der Waals surface area contributed by atoms with E-state index < -0.39 is 0 Å². The van der Waals surface area contributed by atoms with Gasteiger partial charge in [-0.1, -0.05) is 62.0 Å². The minimum absolute atomic E-state index is 0.136. The van der Waals surface area contributed by atoms with Crippen LogP contribution in [0.5, 0.6) is 0 Å². The van der Waals surface area contributed by atoms with Gasteiger partial charge in [0.15, 0.2) is 0 Å². The van der Waals surface area contributed by atoms with Crippen LogP contribution in [0, 0.1) is 22.7 Å². The van der Waals surface area contributed by atoms with E-state index in [0.29, 0.717) is 17.6 Å². The van der Waals surface area contributed by atoms with Crippen LogP contribution < -0.4 is 0 Å². The summed E-state index contributed by atoms with van der Waals surface area (Å²) in [5.74, 6) is 1.18. The van der Waals surface area contributed by atoms with Gasteiger partial charge in [0.1, 0.15) is 5.78 Å². The van der Waals surface area contributed by atoms with Gasteiger partial charge in [-0.3, -0.25) is 4.79 Å². The zero-order valence-corrected chi connectivity index (χ0v) is 11.3. The topological polar surface area (TPSA) is 17.1 Å². The van der Waals surface area contributed by atoms with E-state index in [2.05, 4.69) is 50.3 Å². The minimum atomic E-state index is -0.343. The minimum Gasteiger partial charge on any atom is -0.299 e. The molecule has 1 fully saturated rings. The summed E-state index contributed by atoms with van der Waals surface area (Å²) >= 11 is 0. The maximum absolute atomic E-state index is 12.4. The molecule has 0 amide bonds. The standard InChI is InChI=1S/C17H20O/c1-12-14-8-4-5-9-15(14)16(3)10-6-7-11-17(12,16)13(2)18/h4-7,9-12,14H,8H2,1-3H3. The fourth-order valence-electron chi connectivity index (χ4n) is 4.53. The smallest absolute Gasteiger partial charge is 0.141 e. The van der Waals surface area contributed by atoms with E-state index in [1.54, 1.807) is 6.92 Å². The Labute approximate surface area is 109 Å². The Morgan fingerprint density at radius 3 is 2.72 bits per heavy atom. The largest absolute Gasteiger partial charge is 0.299 e. The van der Waals surface area contributed by atoms with Crippen LogP contribution in [0.4, 0.5) is 0 Å². The predicted octanol–water partition coefficient (Wildman–Crippen LogP) is 3.85. The first-order chi connectivity index (χ1) is 8.54. The van der Waals surface area contributed by atoms with Crippen molar-refractivity contribution in [1.82, 2.24) is 0 Å². The lowest BCUT2D eigenvalue weighted by molar-refractivity contribution is -0.129. The lowest BCUT2D eigenvalue weighted by Crippen LogP contribution is -2.43. The van der Waals surface area contributed by atoms with E-state index in [4.69, 9.17) is 0 Å². The number of hydrogen-bond donors (Lipinski definition) is 0. The number of rotatable bonds is 1. The zero-order valence-electron chi connectivity index (χ0n) is 11.3. The molecule has 0 aliphatic heterocycles. The number of allylic oxidation sites excluding steroid dienone is 8. The molecule has 0 N–H and O–H groups in total. The maximum Gasteiger partial charge on any atom is 0.141 e. The molecule has 1 saturated carbocycles. The summed E-state index contributed by atoms with van der Waals surface area (Å²) in [4.78, 5) is 12.4. The molecule has 1 nitrogen and oxygen atoms in total. The van der Waals surface area contributed by atoms with Crippen LogP contribution in [0.15, 0.2) is 48.1 Å². The molecule has 3 aliphatic rings. The van der Waals surface area contributed by atoms with Crippen molar-refractivity contribution in [2.24, 2.45) is 22.7 Å².